The van der Waals surface area contributed by atoms with Crippen molar-refractivity contribution in [2.45, 2.75) is 19.3 Å². The van der Waals surface area contributed by atoms with Crippen molar-refractivity contribution in [3.8, 4) is 0 Å². The van der Waals surface area contributed by atoms with Crippen LogP contribution in [-0.4, -0.2) is 20.3 Å². The molecule has 3 nitrogen and oxygen atoms in total. The monoisotopic (exact) mass is 226 g/mol. The largest absolute Gasteiger partial charge is 0.397 e. The molecule has 0 bridgehead atoms. The first kappa shape index (κ1) is 12.8. The molecular weight excluding hydrogens is 207 g/mol. The van der Waals surface area contributed by atoms with E-state index >= 15 is 0 Å². The Balaban J connectivity index is 2.21. The van der Waals surface area contributed by atoms with Gasteiger partial charge < -0.3 is 15.8 Å². The van der Waals surface area contributed by atoms with Crippen LogP contribution in [0.5, 0.6) is 0 Å². The SMILES string of the molecule is COCCCCCNc1ccc(F)cc1N. The van der Waals surface area contributed by atoms with Gasteiger partial charge in [-0.1, -0.05) is 0 Å². The number of halogens is 1. The molecule has 3 N–H and O–H groups in total. The molecule has 0 radical (unpaired) electrons. The fraction of sp³-hybridized carbons (Fsp3) is 0.500. The van der Waals surface area contributed by atoms with E-state index in [1.807, 2.05) is 0 Å². The number of nitrogen functional groups attached to an aromatic ring is 1. The van der Waals surface area contributed by atoms with Crippen molar-refractivity contribution in [1.82, 2.24) is 0 Å². The van der Waals surface area contributed by atoms with Crippen LogP contribution in [-0.2, 0) is 4.74 Å². The smallest absolute Gasteiger partial charge is 0.125 e. The number of methoxy groups -OCH3 is 1. The van der Waals surface area contributed by atoms with Crippen LogP contribution in [0, 0.1) is 5.82 Å². The lowest BCUT2D eigenvalue weighted by molar-refractivity contribution is 0.192. The van der Waals surface area contributed by atoms with Crippen LogP contribution in [0.2, 0.25) is 0 Å². The van der Waals surface area contributed by atoms with Crippen LogP contribution in [0.3, 0.4) is 0 Å². The van der Waals surface area contributed by atoms with Crippen molar-refractivity contribution < 1.29 is 9.13 Å². The normalized spacial score (nSPS) is 10.4. The molecule has 0 atom stereocenters. The molecule has 90 valence electrons. The standard InChI is InChI=1S/C12H19FN2O/c1-16-8-4-2-3-7-15-12-6-5-10(13)9-11(12)14/h5-6,9,15H,2-4,7-8,14H2,1H3. The average Bonchev–Trinajstić information content (AvgIpc) is 2.26. The summed E-state index contributed by atoms with van der Waals surface area (Å²) in [5.74, 6) is -0.303. The minimum atomic E-state index is -0.303. The Labute approximate surface area is 95.8 Å². The summed E-state index contributed by atoms with van der Waals surface area (Å²) in [7, 11) is 1.71. The number of nitrogens with one attached hydrogen (secondary N) is 1. The van der Waals surface area contributed by atoms with Gasteiger partial charge in [0.25, 0.3) is 0 Å². The Morgan fingerprint density at radius 1 is 1.31 bits per heavy atom. The Bertz CT molecular complexity index is 318. The van der Waals surface area contributed by atoms with Crippen molar-refractivity contribution in [2.24, 2.45) is 0 Å². The van der Waals surface area contributed by atoms with Gasteiger partial charge in [-0.05, 0) is 37.5 Å². The van der Waals surface area contributed by atoms with Crippen molar-refractivity contribution in [1.29, 1.82) is 0 Å². The second-order valence-corrected chi connectivity index (χ2v) is 3.71. The van der Waals surface area contributed by atoms with E-state index in [1.54, 1.807) is 13.2 Å². The number of unbranched alkanes of at least 4 members (excludes halogenated alkanes) is 2. The van der Waals surface area contributed by atoms with Crippen molar-refractivity contribution in [2.75, 3.05) is 31.3 Å². The van der Waals surface area contributed by atoms with E-state index in [2.05, 4.69) is 5.32 Å². The van der Waals surface area contributed by atoms with E-state index in [9.17, 15) is 4.39 Å². The predicted octanol–water partition coefficient (Wildman–Crippen LogP) is 2.64. The van der Waals surface area contributed by atoms with Crippen LogP contribution in [0.25, 0.3) is 0 Å². The third kappa shape index (κ3) is 4.49. The number of benzene rings is 1. The summed E-state index contributed by atoms with van der Waals surface area (Å²) < 4.78 is 17.7. The molecule has 0 heterocycles. The van der Waals surface area contributed by atoms with E-state index in [0.29, 0.717) is 5.69 Å². The average molecular weight is 226 g/mol. The number of hydrogen-bond donors (Lipinski definition) is 2. The highest BCUT2D eigenvalue weighted by atomic mass is 19.1. The lowest BCUT2D eigenvalue weighted by atomic mass is 10.2. The maximum absolute atomic E-state index is 12.8. The van der Waals surface area contributed by atoms with Crippen LogP contribution in [0.15, 0.2) is 18.2 Å². The minimum Gasteiger partial charge on any atom is -0.397 e. The molecule has 0 aliphatic heterocycles. The van der Waals surface area contributed by atoms with E-state index in [4.69, 9.17) is 10.5 Å². The zero-order valence-electron chi connectivity index (χ0n) is 9.63. The number of hydrogen-bond acceptors (Lipinski definition) is 3. The van der Waals surface area contributed by atoms with Gasteiger partial charge >= 0.3 is 0 Å². The highest BCUT2D eigenvalue weighted by Crippen LogP contribution is 2.18. The Morgan fingerprint density at radius 3 is 2.81 bits per heavy atom. The Kier molecular flexibility index (Phi) is 5.64. The first-order valence-corrected chi connectivity index (χ1v) is 5.52. The van der Waals surface area contributed by atoms with Gasteiger partial charge in [0.1, 0.15) is 5.82 Å². The van der Waals surface area contributed by atoms with Gasteiger partial charge in [-0.25, -0.2) is 4.39 Å². The summed E-state index contributed by atoms with van der Waals surface area (Å²) in [4.78, 5) is 0. The highest BCUT2D eigenvalue weighted by molar-refractivity contribution is 5.65. The fourth-order valence-corrected chi connectivity index (χ4v) is 1.47. The number of rotatable bonds is 7. The lowest BCUT2D eigenvalue weighted by Gasteiger charge is -2.08. The molecule has 0 amide bonds. The van der Waals surface area contributed by atoms with Crippen LogP contribution in [0.4, 0.5) is 15.8 Å². The molecule has 1 aromatic rings. The highest BCUT2D eigenvalue weighted by Gasteiger charge is 1.99. The van der Waals surface area contributed by atoms with Crippen LogP contribution in [0.1, 0.15) is 19.3 Å². The topological polar surface area (TPSA) is 47.3 Å². The zero-order valence-corrected chi connectivity index (χ0v) is 9.63. The Morgan fingerprint density at radius 2 is 2.12 bits per heavy atom. The number of nitrogens with two attached hydrogens (primary N) is 1. The molecule has 0 aromatic heterocycles. The first-order chi connectivity index (χ1) is 7.74. The van der Waals surface area contributed by atoms with Crippen molar-refractivity contribution in [3.63, 3.8) is 0 Å². The van der Waals surface area contributed by atoms with Crippen molar-refractivity contribution >= 4 is 11.4 Å². The molecular formula is C12H19FN2O. The van der Waals surface area contributed by atoms with Gasteiger partial charge in [0.15, 0.2) is 0 Å². The molecule has 16 heavy (non-hydrogen) atoms. The van der Waals surface area contributed by atoms with Gasteiger partial charge in [-0.2, -0.15) is 0 Å². The summed E-state index contributed by atoms with van der Waals surface area (Å²) in [6.45, 7) is 1.65. The molecule has 4 heteroatoms. The molecule has 0 aliphatic carbocycles. The summed E-state index contributed by atoms with van der Waals surface area (Å²) in [5.41, 5.74) is 6.92. The second-order valence-electron chi connectivity index (χ2n) is 3.71. The van der Waals surface area contributed by atoms with Gasteiger partial charge in [-0.15, -0.1) is 0 Å². The summed E-state index contributed by atoms with van der Waals surface area (Å²) in [6.07, 6.45) is 3.24. The molecule has 0 saturated carbocycles. The van der Waals surface area contributed by atoms with E-state index < -0.39 is 0 Å². The predicted molar refractivity (Wildman–Crippen MR) is 65.0 cm³/mol. The third-order valence-electron chi connectivity index (χ3n) is 2.35. The minimum absolute atomic E-state index is 0.303. The van der Waals surface area contributed by atoms with E-state index in [0.717, 1.165) is 38.1 Å². The maximum Gasteiger partial charge on any atom is 0.125 e. The Hall–Kier alpha value is -1.29. The van der Waals surface area contributed by atoms with Gasteiger partial charge in [0, 0.05) is 20.3 Å². The molecule has 0 aliphatic rings. The van der Waals surface area contributed by atoms with Crippen LogP contribution < -0.4 is 11.1 Å². The van der Waals surface area contributed by atoms with E-state index in [-0.39, 0.29) is 5.82 Å². The second kappa shape index (κ2) is 7.06. The van der Waals surface area contributed by atoms with Gasteiger partial charge in [-0.3, -0.25) is 0 Å². The van der Waals surface area contributed by atoms with Gasteiger partial charge in [0.2, 0.25) is 0 Å². The van der Waals surface area contributed by atoms with E-state index in [1.165, 1.54) is 12.1 Å². The molecule has 0 fully saturated rings. The maximum atomic E-state index is 12.8. The third-order valence-corrected chi connectivity index (χ3v) is 2.35. The van der Waals surface area contributed by atoms with Gasteiger partial charge in [0.05, 0.1) is 11.4 Å². The molecule has 1 aromatic carbocycles. The zero-order chi connectivity index (χ0) is 11.8. The number of anilines is 2. The number of ether oxygens (including phenoxy) is 1. The quantitative estimate of drug-likeness (QED) is 0.555. The van der Waals surface area contributed by atoms with Crippen LogP contribution >= 0.6 is 0 Å². The molecule has 0 spiro atoms. The first-order valence-electron chi connectivity index (χ1n) is 5.52. The van der Waals surface area contributed by atoms with Crippen molar-refractivity contribution in [3.05, 3.63) is 24.0 Å². The fourth-order valence-electron chi connectivity index (χ4n) is 1.47. The molecule has 0 saturated heterocycles. The summed E-state index contributed by atoms with van der Waals surface area (Å²) >= 11 is 0. The molecule has 0 unspecified atom stereocenters. The summed E-state index contributed by atoms with van der Waals surface area (Å²) in [5, 5.41) is 3.18. The molecule has 1 rings (SSSR count). The lowest BCUT2D eigenvalue weighted by Crippen LogP contribution is -2.04. The summed E-state index contributed by atoms with van der Waals surface area (Å²) in [6, 6.07) is 4.40.